The molecule has 1 fully saturated rings. The van der Waals surface area contributed by atoms with Gasteiger partial charge in [-0.05, 0) is 25.2 Å². The topological polar surface area (TPSA) is 66.6 Å². The summed E-state index contributed by atoms with van der Waals surface area (Å²) in [6.07, 6.45) is 2.82. The van der Waals surface area contributed by atoms with Crippen LogP contribution in [0.15, 0.2) is 0 Å². The molecule has 0 aliphatic heterocycles. The molecule has 2 amide bonds. The second-order valence-corrected chi connectivity index (χ2v) is 5.67. The largest absolute Gasteiger partial charge is 0.347 e. The Morgan fingerprint density at radius 2 is 1.83 bits per heavy atom. The van der Waals surface area contributed by atoms with Crippen molar-refractivity contribution in [1.29, 1.82) is 0 Å². The number of amides is 2. The first-order chi connectivity index (χ1) is 8.32. The maximum Gasteiger partial charge on any atom is 0.241 e. The van der Waals surface area contributed by atoms with Crippen LogP contribution < -0.4 is 5.73 Å². The maximum atomic E-state index is 12.3. The van der Waals surface area contributed by atoms with E-state index in [4.69, 9.17) is 5.73 Å². The van der Waals surface area contributed by atoms with Crippen molar-refractivity contribution >= 4 is 11.8 Å². The minimum absolute atomic E-state index is 0.00394. The summed E-state index contributed by atoms with van der Waals surface area (Å²) in [5, 5.41) is 0. The molecule has 18 heavy (non-hydrogen) atoms. The van der Waals surface area contributed by atoms with Gasteiger partial charge < -0.3 is 15.5 Å². The van der Waals surface area contributed by atoms with Crippen LogP contribution in [0.4, 0.5) is 0 Å². The van der Waals surface area contributed by atoms with Crippen LogP contribution in [0.25, 0.3) is 0 Å². The van der Waals surface area contributed by atoms with E-state index in [0.29, 0.717) is 5.92 Å². The molecule has 1 saturated carbocycles. The second kappa shape index (κ2) is 6.18. The predicted octanol–water partition coefficient (Wildman–Crippen LogP) is 0.297. The number of hydrogen-bond donors (Lipinski definition) is 1. The van der Waals surface area contributed by atoms with Gasteiger partial charge in [0.05, 0.1) is 12.5 Å². The number of nitrogens with zero attached hydrogens (tertiary/aromatic N) is 2. The molecule has 1 aliphatic carbocycles. The molecule has 0 saturated heterocycles. The Morgan fingerprint density at radius 1 is 1.22 bits per heavy atom. The maximum absolute atomic E-state index is 12.3. The van der Waals surface area contributed by atoms with E-state index >= 15 is 0 Å². The van der Waals surface area contributed by atoms with Gasteiger partial charge in [0, 0.05) is 27.2 Å². The smallest absolute Gasteiger partial charge is 0.241 e. The van der Waals surface area contributed by atoms with E-state index in [1.165, 1.54) is 9.80 Å². The molecule has 0 bridgehead atoms. The van der Waals surface area contributed by atoms with Crippen LogP contribution >= 0.6 is 0 Å². The number of hydrogen-bond acceptors (Lipinski definition) is 3. The Hall–Kier alpha value is -1.10. The first-order valence-electron chi connectivity index (χ1n) is 6.53. The highest BCUT2D eigenvalue weighted by molar-refractivity contribution is 5.86. The summed E-state index contributed by atoms with van der Waals surface area (Å²) in [7, 11) is 5.06. The van der Waals surface area contributed by atoms with Crippen LogP contribution in [0.5, 0.6) is 0 Å². The van der Waals surface area contributed by atoms with Gasteiger partial charge >= 0.3 is 0 Å². The van der Waals surface area contributed by atoms with Gasteiger partial charge in [0.15, 0.2) is 0 Å². The Balaban J connectivity index is 2.59. The van der Waals surface area contributed by atoms with Gasteiger partial charge in [0.25, 0.3) is 0 Å². The van der Waals surface area contributed by atoms with Crippen molar-refractivity contribution in [3.63, 3.8) is 0 Å². The quantitative estimate of drug-likeness (QED) is 0.788. The molecular weight excluding hydrogens is 230 g/mol. The molecule has 2 N–H and O–H groups in total. The van der Waals surface area contributed by atoms with E-state index in [-0.39, 0.29) is 30.3 Å². The molecule has 104 valence electrons. The lowest BCUT2D eigenvalue weighted by atomic mass is 9.78. The fourth-order valence-corrected chi connectivity index (χ4v) is 2.39. The van der Waals surface area contributed by atoms with E-state index in [1.54, 1.807) is 21.1 Å². The van der Waals surface area contributed by atoms with Gasteiger partial charge in [-0.2, -0.15) is 0 Å². The summed E-state index contributed by atoms with van der Waals surface area (Å²) in [4.78, 5) is 26.9. The number of rotatable bonds is 3. The van der Waals surface area contributed by atoms with Crippen molar-refractivity contribution in [3.05, 3.63) is 0 Å². The molecule has 0 spiro atoms. The fourth-order valence-electron chi connectivity index (χ4n) is 2.39. The van der Waals surface area contributed by atoms with E-state index in [1.807, 2.05) is 0 Å². The molecular formula is C13H25N3O2. The van der Waals surface area contributed by atoms with Gasteiger partial charge in [-0.25, -0.2) is 0 Å². The molecule has 5 heteroatoms. The number of nitrogens with two attached hydrogens (primary N) is 1. The summed E-state index contributed by atoms with van der Waals surface area (Å²) in [6, 6.07) is -0.0643. The van der Waals surface area contributed by atoms with Crippen LogP contribution in [0.1, 0.15) is 26.2 Å². The van der Waals surface area contributed by atoms with Gasteiger partial charge in [-0.15, -0.1) is 0 Å². The molecule has 3 atom stereocenters. The predicted molar refractivity (Wildman–Crippen MR) is 70.8 cm³/mol. The monoisotopic (exact) mass is 255 g/mol. The molecule has 0 heterocycles. The Bertz CT molecular complexity index is 317. The lowest BCUT2D eigenvalue weighted by Gasteiger charge is -2.34. The molecule has 1 aliphatic rings. The average molecular weight is 255 g/mol. The highest BCUT2D eigenvalue weighted by Crippen LogP contribution is 2.29. The average Bonchev–Trinajstić information content (AvgIpc) is 2.31. The molecule has 3 unspecified atom stereocenters. The SMILES string of the molecule is CC1CCC(N)C(C(=O)N(C)CC(=O)N(C)C)C1. The number of likely N-dealkylation sites (N-methyl/N-ethyl adjacent to an activating group) is 2. The van der Waals surface area contributed by atoms with Crippen molar-refractivity contribution in [3.8, 4) is 0 Å². The van der Waals surface area contributed by atoms with Crippen LogP contribution in [0, 0.1) is 11.8 Å². The van der Waals surface area contributed by atoms with Crippen LogP contribution in [-0.4, -0.2) is 55.3 Å². The van der Waals surface area contributed by atoms with Crippen molar-refractivity contribution in [2.75, 3.05) is 27.7 Å². The van der Waals surface area contributed by atoms with Gasteiger partial charge in [0.1, 0.15) is 0 Å². The van der Waals surface area contributed by atoms with E-state index in [2.05, 4.69) is 6.92 Å². The molecule has 0 aromatic heterocycles. The summed E-state index contributed by atoms with van der Waals surface area (Å²) in [6.45, 7) is 2.28. The standard InChI is InChI=1S/C13H25N3O2/c1-9-5-6-11(14)10(7-9)13(18)16(4)8-12(17)15(2)3/h9-11H,5-8,14H2,1-4H3. The summed E-state index contributed by atoms with van der Waals surface area (Å²) in [5.74, 6) is 0.345. The second-order valence-electron chi connectivity index (χ2n) is 5.67. The Labute approximate surface area is 109 Å². The molecule has 0 aromatic rings. The summed E-state index contributed by atoms with van der Waals surface area (Å²) < 4.78 is 0. The minimum atomic E-state index is -0.131. The fraction of sp³-hybridized carbons (Fsp3) is 0.846. The third-order valence-corrected chi connectivity index (χ3v) is 3.73. The summed E-state index contributed by atoms with van der Waals surface area (Å²) >= 11 is 0. The van der Waals surface area contributed by atoms with Crippen LogP contribution in [0.2, 0.25) is 0 Å². The Kier molecular flexibility index (Phi) is 5.14. The third kappa shape index (κ3) is 3.70. The normalized spacial score (nSPS) is 27.7. The van der Waals surface area contributed by atoms with Crippen molar-refractivity contribution in [1.82, 2.24) is 9.80 Å². The third-order valence-electron chi connectivity index (χ3n) is 3.73. The van der Waals surface area contributed by atoms with E-state index in [0.717, 1.165) is 19.3 Å². The van der Waals surface area contributed by atoms with E-state index < -0.39 is 0 Å². The van der Waals surface area contributed by atoms with E-state index in [9.17, 15) is 9.59 Å². The zero-order chi connectivity index (χ0) is 13.9. The van der Waals surface area contributed by atoms with Crippen molar-refractivity contribution in [2.24, 2.45) is 17.6 Å². The van der Waals surface area contributed by atoms with Crippen LogP contribution in [-0.2, 0) is 9.59 Å². The van der Waals surface area contributed by atoms with Crippen molar-refractivity contribution in [2.45, 2.75) is 32.2 Å². The van der Waals surface area contributed by atoms with Gasteiger partial charge in [0.2, 0.25) is 11.8 Å². The number of carbonyl (C=O) groups is 2. The number of carbonyl (C=O) groups excluding carboxylic acids is 2. The van der Waals surface area contributed by atoms with Gasteiger partial charge in [-0.3, -0.25) is 9.59 Å². The highest BCUT2D eigenvalue weighted by Gasteiger charge is 2.33. The molecule has 5 nitrogen and oxygen atoms in total. The van der Waals surface area contributed by atoms with Crippen LogP contribution in [0.3, 0.4) is 0 Å². The highest BCUT2D eigenvalue weighted by atomic mass is 16.2. The first kappa shape index (κ1) is 15.0. The van der Waals surface area contributed by atoms with Crippen molar-refractivity contribution < 1.29 is 9.59 Å². The first-order valence-corrected chi connectivity index (χ1v) is 6.53. The lowest BCUT2D eigenvalue weighted by molar-refractivity contribution is -0.142. The molecule has 0 aromatic carbocycles. The zero-order valence-corrected chi connectivity index (χ0v) is 11.8. The molecule has 0 radical (unpaired) electrons. The molecule has 1 rings (SSSR count). The Morgan fingerprint density at radius 3 is 2.39 bits per heavy atom. The summed E-state index contributed by atoms with van der Waals surface area (Å²) in [5.41, 5.74) is 6.03. The zero-order valence-electron chi connectivity index (χ0n) is 11.8. The van der Waals surface area contributed by atoms with Gasteiger partial charge in [-0.1, -0.05) is 6.92 Å². The lowest BCUT2D eigenvalue weighted by Crippen LogP contribution is -2.48. The minimum Gasteiger partial charge on any atom is -0.347 e.